The van der Waals surface area contributed by atoms with Gasteiger partial charge in [-0.2, -0.15) is 13.2 Å². The predicted octanol–water partition coefficient (Wildman–Crippen LogP) is 3.67. The van der Waals surface area contributed by atoms with E-state index < -0.39 is 11.9 Å². The van der Waals surface area contributed by atoms with Crippen LogP contribution < -0.4 is 9.80 Å². The van der Waals surface area contributed by atoms with E-state index in [1.165, 1.54) is 16.8 Å². The topological polar surface area (TPSA) is 62.5 Å². The smallest absolute Gasteiger partial charge is 0.352 e. The highest BCUT2D eigenvalue weighted by Crippen LogP contribution is 2.30. The summed E-state index contributed by atoms with van der Waals surface area (Å²) in [5.74, 6) is 1.18. The first-order chi connectivity index (χ1) is 14.4. The first-order valence-corrected chi connectivity index (χ1v) is 9.59. The van der Waals surface area contributed by atoms with Gasteiger partial charge in [-0.1, -0.05) is 11.6 Å². The molecule has 1 aliphatic heterocycles. The van der Waals surface area contributed by atoms with Crippen molar-refractivity contribution >= 4 is 39.9 Å². The monoisotopic (exact) mass is 433 g/mol. The fourth-order valence-corrected chi connectivity index (χ4v) is 3.71. The largest absolute Gasteiger partial charge is 0.434 e. The number of piperazine rings is 1. The maximum absolute atomic E-state index is 13.0. The molecule has 3 aromatic heterocycles. The van der Waals surface area contributed by atoms with E-state index >= 15 is 0 Å². The number of alkyl halides is 3. The summed E-state index contributed by atoms with van der Waals surface area (Å²) < 4.78 is 40.5. The number of fused-ring (bicyclic) bond motifs is 2. The molecule has 4 aromatic rings. The summed E-state index contributed by atoms with van der Waals surface area (Å²) in [4.78, 5) is 21.2. The molecule has 154 valence electrons. The van der Waals surface area contributed by atoms with Gasteiger partial charge < -0.3 is 14.2 Å². The second-order valence-electron chi connectivity index (χ2n) is 6.94. The van der Waals surface area contributed by atoms with Crippen LogP contribution in [0.2, 0.25) is 5.02 Å². The highest BCUT2D eigenvalue weighted by molar-refractivity contribution is 6.31. The van der Waals surface area contributed by atoms with Gasteiger partial charge in [0.2, 0.25) is 0 Å². The molecule has 0 atom stereocenters. The van der Waals surface area contributed by atoms with E-state index in [1.807, 2.05) is 11.0 Å². The quantitative estimate of drug-likeness (QED) is 0.480. The average molecular weight is 434 g/mol. The molecule has 1 aliphatic rings. The number of hydrogen-bond donors (Lipinski definition) is 0. The van der Waals surface area contributed by atoms with Crippen molar-refractivity contribution in [2.24, 2.45) is 0 Å². The van der Waals surface area contributed by atoms with Gasteiger partial charge in [-0.15, -0.1) is 0 Å². The van der Waals surface area contributed by atoms with Crippen LogP contribution >= 0.6 is 11.6 Å². The van der Waals surface area contributed by atoms with E-state index in [0.29, 0.717) is 37.0 Å². The van der Waals surface area contributed by atoms with Gasteiger partial charge in [0.1, 0.15) is 5.82 Å². The SMILES string of the molecule is FC(F)(F)c1cn2ccnc(N3CCN(c4cnc5cc(Cl)ccc5n4)CC3)c2n1. The number of hydrogen-bond acceptors (Lipinski definition) is 6. The van der Waals surface area contributed by atoms with Crippen LogP contribution in [0.15, 0.2) is 43.0 Å². The van der Waals surface area contributed by atoms with Crippen molar-refractivity contribution in [2.75, 3.05) is 36.0 Å². The van der Waals surface area contributed by atoms with Crippen molar-refractivity contribution < 1.29 is 13.2 Å². The summed E-state index contributed by atoms with van der Waals surface area (Å²) in [7, 11) is 0. The van der Waals surface area contributed by atoms with Crippen LogP contribution in [0.5, 0.6) is 0 Å². The Hall–Kier alpha value is -3.14. The van der Waals surface area contributed by atoms with Gasteiger partial charge in [0, 0.05) is 49.8 Å². The normalized spacial score (nSPS) is 15.3. The molecule has 1 aromatic carbocycles. The average Bonchev–Trinajstić information content (AvgIpc) is 3.19. The molecule has 1 fully saturated rings. The van der Waals surface area contributed by atoms with Crippen LogP contribution in [0, 0.1) is 0 Å². The third-order valence-electron chi connectivity index (χ3n) is 5.04. The fraction of sp³-hybridized carbons (Fsp3) is 0.263. The first-order valence-electron chi connectivity index (χ1n) is 9.21. The summed E-state index contributed by atoms with van der Waals surface area (Å²) >= 11 is 5.99. The Kier molecular flexibility index (Phi) is 4.39. The molecular formula is C19H15ClF3N7. The van der Waals surface area contributed by atoms with Gasteiger partial charge in [-0.25, -0.2) is 15.0 Å². The molecule has 0 saturated carbocycles. The minimum Gasteiger partial charge on any atom is -0.352 e. The predicted molar refractivity (Wildman–Crippen MR) is 107 cm³/mol. The lowest BCUT2D eigenvalue weighted by Crippen LogP contribution is -2.47. The molecular weight excluding hydrogens is 419 g/mol. The standard InChI is InChI=1S/C19H15ClF3N7/c20-12-1-2-13-14(9-12)25-10-16(26-13)28-5-7-29(8-6-28)17-18-27-15(19(21,22)23)11-30(18)4-3-24-17/h1-4,9-11H,5-8H2. The van der Waals surface area contributed by atoms with E-state index in [1.54, 1.807) is 18.3 Å². The lowest BCUT2D eigenvalue weighted by atomic mass is 10.3. The lowest BCUT2D eigenvalue weighted by Gasteiger charge is -2.35. The van der Waals surface area contributed by atoms with Gasteiger partial charge in [0.05, 0.1) is 17.2 Å². The van der Waals surface area contributed by atoms with Crippen LogP contribution in [0.25, 0.3) is 16.7 Å². The van der Waals surface area contributed by atoms with Crippen molar-refractivity contribution in [3.63, 3.8) is 0 Å². The summed E-state index contributed by atoms with van der Waals surface area (Å²) in [6.45, 7) is 2.40. The molecule has 5 rings (SSSR count). The first kappa shape index (κ1) is 18.9. The Morgan fingerprint density at radius 3 is 2.47 bits per heavy atom. The minimum absolute atomic E-state index is 0.195. The molecule has 1 saturated heterocycles. The fourth-order valence-electron chi connectivity index (χ4n) is 3.54. The number of imidazole rings is 1. The summed E-state index contributed by atoms with van der Waals surface area (Å²) in [6.07, 6.45) is 1.14. The number of aromatic nitrogens is 5. The molecule has 0 radical (unpaired) electrons. The van der Waals surface area contributed by atoms with Crippen LogP contribution in [-0.4, -0.2) is 50.5 Å². The number of rotatable bonds is 2. The summed E-state index contributed by atoms with van der Waals surface area (Å²) in [6, 6.07) is 5.36. The molecule has 0 unspecified atom stereocenters. The molecule has 0 amide bonds. The Labute approximate surface area is 173 Å². The van der Waals surface area contributed by atoms with Crippen molar-refractivity contribution in [2.45, 2.75) is 6.18 Å². The third kappa shape index (κ3) is 3.36. The van der Waals surface area contributed by atoms with Crippen LogP contribution in [0.1, 0.15) is 5.69 Å². The van der Waals surface area contributed by atoms with E-state index in [4.69, 9.17) is 11.6 Å². The van der Waals surface area contributed by atoms with Crippen molar-refractivity contribution in [1.29, 1.82) is 0 Å². The van der Waals surface area contributed by atoms with Gasteiger partial charge >= 0.3 is 6.18 Å². The molecule has 30 heavy (non-hydrogen) atoms. The third-order valence-corrected chi connectivity index (χ3v) is 5.28. The molecule has 0 aliphatic carbocycles. The summed E-state index contributed by atoms with van der Waals surface area (Å²) in [5, 5.41) is 0.604. The van der Waals surface area contributed by atoms with Crippen LogP contribution in [0.4, 0.5) is 24.8 Å². The Morgan fingerprint density at radius 1 is 0.933 bits per heavy atom. The second kappa shape index (κ2) is 6.98. The molecule has 4 heterocycles. The molecule has 0 spiro atoms. The highest BCUT2D eigenvalue weighted by Gasteiger charge is 2.34. The Bertz CT molecular complexity index is 1230. The zero-order chi connectivity index (χ0) is 20.9. The van der Waals surface area contributed by atoms with Crippen molar-refractivity contribution in [3.05, 3.63) is 53.7 Å². The zero-order valence-corrected chi connectivity index (χ0v) is 16.3. The maximum Gasteiger partial charge on any atom is 0.434 e. The minimum atomic E-state index is -4.50. The molecule has 0 bridgehead atoms. The van der Waals surface area contributed by atoms with Gasteiger partial charge in [0.15, 0.2) is 17.2 Å². The van der Waals surface area contributed by atoms with Gasteiger partial charge in [0.25, 0.3) is 0 Å². The maximum atomic E-state index is 13.0. The molecule has 11 heteroatoms. The Morgan fingerprint density at radius 2 is 1.70 bits per heavy atom. The number of nitrogens with zero attached hydrogens (tertiary/aromatic N) is 7. The van der Waals surface area contributed by atoms with E-state index in [9.17, 15) is 13.2 Å². The van der Waals surface area contributed by atoms with Crippen LogP contribution in [0.3, 0.4) is 0 Å². The van der Waals surface area contributed by atoms with Crippen LogP contribution in [-0.2, 0) is 6.18 Å². The van der Waals surface area contributed by atoms with E-state index in [0.717, 1.165) is 23.0 Å². The van der Waals surface area contributed by atoms with E-state index in [2.05, 4.69) is 24.8 Å². The summed E-state index contributed by atoms with van der Waals surface area (Å²) in [5.41, 5.74) is 0.742. The highest BCUT2D eigenvalue weighted by atomic mass is 35.5. The number of anilines is 2. The molecule has 7 nitrogen and oxygen atoms in total. The van der Waals surface area contributed by atoms with Crippen molar-refractivity contribution in [3.8, 4) is 0 Å². The van der Waals surface area contributed by atoms with Crippen molar-refractivity contribution in [1.82, 2.24) is 24.3 Å². The van der Waals surface area contributed by atoms with E-state index in [-0.39, 0.29) is 5.65 Å². The molecule has 0 N–H and O–H groups in total. The second-order valence-corrected chi connectivity index (χ2v) is 7.38. The zero-order valence-electron chi connectivity index (χ0n) is 15.5. The number of halogens is 4. The number of benzene rings is 1. The lowest BCUT2D eigenvalue weighted by molar-refractivity contribution is -0.140. The Balaban J connectivity index is 1.37. The van der Waals surface area contributed by atoms with Gasteiger partial charge in [-0.3, -0.25) is 4.98 Å². The van der Waals surface area contributed by atoms with Gasteiger partial charge in [-0.05, 0) is 18.2 Å².